The molecule has 2 aliphatic carbocycles. The van der Waals surface area contributed by atoms with Gasteiger partial charge >= 0.3 is 6.09 Å². The molecule has 2 heterocycles. The number of fused-ring (bicyclic) bond motifs is 3. The van der Waals surface area contributed by atoms with Crippen LogP contribution in [0.2, 0.25) is 0 Å². The van der Waals surface area contributed by atoms with Crippen LogP contribution in [0.4, 0.5) is 13.6 Å². The summed E-state index contributed by atoms with van der Waals surface area (Å²) in [6.45, 7) is 3.33. The summed E-state index contributed by atoms with van der Waals surface area (Å²) in [5, 5.41) is 0. The second-order valence-corrected chi connectivity index (χ2v) is 9.57. The molecule has 6 nitrogen and oxygen atoms in total. The van der Waals surface area contributed by atoms with Gasteiger partial charge in [0.25, 0.3) is 5.92 Å². The predicted molar refractivity (Wildman–Crippen MR) is 83.2 cm³/mol. The molecule has 1 N–H and O–H groups in total. The maximum absolute atomic E-state index is 13.7. The summed E-state index contributed by atoms with van der Waals surface area (Å²) in [5.41, 5.74) is -1.29. The lowest BCUT2D eigenvalue weighted by molar-refractivity contribution is 0.0237. The second-order valence-electron chi connectivity index (χ2n) is 7.77. The fourth-order valence-corrected chi connectivity index (χ4v) is 6.09. The lowest BCUT2D eigenvalue weighted by Gasteiger charge is -2.49. The van der Waals surface area contributed by atoms with Gasteiger partial charge in [-0.15, -0.1) is 0 Å². The fourth-order valence-electron chi connectivity index (χ4n) is 4.22. The Kier molecular flexibility index (Phi) is 4.11. The van der Waals surface area contributed by atoms with Crippen LogP contribution in [0.15, 0.2) is 0 Å². The van der Waals surface area contributed by atoms with Crippen molar-refractivity contribution in [2.75, 3.05) is 19.4 Å². The minimum absolute atomic E-state index is 0.209. The van der Waals surface area contributed by atoms with Gasteiger partial charge in [0.15, 0.2) is 0 Å². The minimum atomic E-state index is -3.85. The molecule has 2 bridgehead atoms. The molecule has 4 aliphatic rings. The summed E-state index contributed by atoms with van der Waals surface area (Å²) in [6, 6.07) is -0.706. The molecule has 2 saturated carbocycles. The number of hydrogen-bond donors (Lipinski definition) is 1. The van der Waals surface area contributed by atoms with Crippen LogP contribution < -0.4 is 4.72 Å². The summed E-state index contributed by atoms with van der Waals surface area (Å²) in [4.78, 5) is 13.4. The average molecular weight is 366 g/mol. The monoisotopic (exact) mass is 366 g/mol. The van der Waals surface area contributed by atoms with Crippen LogP contribution in [0.3, 0.4) is 0 Å². The van der Waals surface area contributed by atoms with Crippen molar-refractivity contribution in [2.24, 2.45) is 17.3 Å². The first-order valence-corrected chi connectivity index (χ1v) is 9.87. The van der Waals surface area contributed by atoms with Crippen molar-refractivity contribution in [3.8, 4) is 0 Å². The van der Waals surface area contributed by atoms with Crippen LogP contribution in [-0.4, -0.2) is 56.8 Å². The lowest BCUT2D eigenvalue weighted by atomic mass is 9.77. The molecule has 2 aliphatic heterocycles. The normalized spacial score (nSPS) is 36.5. The highest BCUT2D eigenvalue weighted by molar-refractivity contribution is 7.89. The zero-order valence-corrected chi connectivity index (χ0v) is 14.9. The highest BCUT2D eigenvalue weighted by Crippen LogP contribution is 2.65. The van der Waals surface area contributed by atoms with E-state index in [1.165, 1.54) is 21.0 Å². The molecular formula is C15H24F2N2O4S. The Morgan fingerprint density at radius 3 is 2.46 bits per heavy atom. The topological polar surface area (TPSA) is 75.7 Å². The molecule has 9 heteroatoms. The molecule has 138 valence electrons. The summed E-state index contributed by atoms with van der Waals surface area (Å²) < 4.78 is 59.4. The van der Waals surface area contributed by atoms with Gasteiger partial charge in [-0.3, -0.25) is 0 Å². The third-order valence-corrected chi connectivity index (χ3v) is 7.42. The quantitative estimate of drug-likeness (QED) is 0.823. The van der Waals surface area contributed by atoms with E-state index in [1.54, 1.807) is 4.90 Å². The van der Waals surface area contributed by atoms with Gasteiger partial charge in [0, 0.05) is 23.9 Å². The first-order chi connectivity index (χ1) is 11.0. The van der Waals surface area contributed by atoms with Crippen LogP contribution in [0.1, 0.15) is 33.1 Å². The number of methoxy groups -OCH3 is 1. The van der Waals surface area contributed by atoms with E-state index < -0.39 is 45.2 Å². The molecule has 0 aromatic rings. The highest BCUT2D eigenvalue weighted by atomic mass is 32.2. The highest BCUT2D eigenvalue weighted by Gasteiger charge is 2.75. The van der Waals surface area contributed by atoms with E-state index in [9.17, 15) is 22.0 Å². The number of halogens is 2. The smallest absolute Gasteiger partial charge is 0.409 e. The molecule has 0 aromatic carbocycles. The van der Waals surface area contributed by atoms with Gasteiger partial charge in [-0.1, -0.05) is 13.8 Å². The lowest BCUT2D eigenvalue weighted by Crippen LogP contribution is -2.62. The first-order valence-electron chi connectivity index (χ1n) is 8.22. The van der Waals surface area contributed by atoms with Gasteiger partial charge in [-0.2, -0.15) is 0 Å². The fraction of sp³-hybridized carbons (Fsp3) is 0.933. The van der Waals surface area contributed by atoms with E-state index in [0.29, 0.717) is 19.4 Å². The Hall–Kier alpha value is -0.960. The number of carbonyl (C=O) groups excluding carboxylic acids is 1. The number of nitrogens with zero attached hydrogens (tertiary/aromatic N) is 1. The van der Waals surface area contributed by atoms with Crippen LogP contribution in [0.5, 0.6) is 0 Å². The Morgan fingerprint density at radius 2 is 1.96 bits per heavy atom. The molecule has 2 saturated heterocycles. The van der Waals surface area contributed by atoms with Gasteiger partial charge in [-0.05, 0) is 25.2 Å². The maximum Gasteiger partial charge on any atom is 0.409 e. The summed E-state index contributed by atoms with van der Waals surface area (Å²) >= 11 is 0. The van der Waals surface area contributed by atoms with E-state index >= 15 is 0 Å². The Morgan fingerprint density at radius 1 is 1.33 bits per heavy atom. The van der Waals surface area contributed by atoms with E-state index in [4.69, 9.17) is 4.74 Å². The average Bonchev–Trinajstić information content (AvgIpc) is 2.88. The van der Waals surface area contributed by atoms with E-state index in [-0.39, 0.29) is 12.0 Å². The van der Waals surface area contributed by atoms with Crippen LogP contribution >= 0.6 is 0 Å². The summed E-state index contributed by atoms with van der Waals surface area (Å²) in [6.07, 6.45) is 1.78. The SMILES string of the molecule is COC(=O)N1CC2CCC1C(NS(=O)(=O)CC1C(C)(C)C1(F)F)C2. The molecule has 1 amide bonds. The summed E-state index contributed by atoms with van der Waals surface area (Å²) in [7, 11) is -2.55. The Labute approximate surface area is 141 Å². The van der Waals surface area contributed by atoms with Gasteiger partial charge < -0.3 is 9.64 Å². The van der Waals surface area contributed by atoms with Crippen molar-refractivity contribution in [3.05, 3.63) is 0 Å². The Bertz CT molecular complexity index is 623. The number of nitrogens with one attached hydrogen (secondary N) is 1. The molecular weight excluding hydrogens is 342 g/mol. The van der Waals surface area contributed by atoms with E-state index in [2.05, 4.69) is 4.72 Å². The predicted octanol–water partition coefficient (Wildman–Crippen LogP) is 1.82. The van der Waals surface area contributed by atoms with Gasteiger partial charge in [0.1, 0.15) is 0 Å². The molecule has 0 aromatic heterocycles. The number of amides is 1. The molecule has 4 unspecified atom stereocenters. The molecule has 4 fully saturated rings. The number of ether oxygens (including phenoxy) is 1. The van der Waals surface area contributed by atoms with Crippen LogP contribution in [0.25, 0.3) is 0 Å². The Balaban J connectivity index is 1.68. The van der Waals surface area contributed by atoms with E-state index in [1.807, 2.05) is 0 Å². The number of carbonyl (C=O) groups is 1. The first kappa shape index (κ1) is 17.8. The van der Waals surface area contributed by atoms with Crippen LogP contribution in [-0.2, 0) is 14.8 Å². The van der Waals surface area contributed by atoms with Crippen molar-refractivity contribution in [1.29, 1.82) is 0 Å². The number of sulfonamides is 1. The van der Waals surface area contributed by atoms with Crippen molar-refractivity contribution < 1.29 is 26.7 Å². The van der Waals surface area contributed by atoms with Gasteiger partial charge in [-0.25, -0.2) is 26.7 Å². The van der Waals surface area contributed by atoms with Crippen molar-refractivity contribution >= 4 is 16.1 Å². The van der Waals surface area contributed by atoms with Gasteiger partial charge in [0.05, 0.1) is 18.9 Å². The minimum Gasteiger partial charge on any atom is -0.453 e. The molecule has 24 heavy (non-hydrogen) atoms. The molecule has 0 spiro atoms. The third-order valence-electron chi connectivity index (χ3n) is 5.99. The number of rotatable bonds is 4. The molecule has 0 radical (unpaired) electrons. The van der Waals surface area contributed by atoms with Gasteiger partial charge in [0.2, 0.25) is 10.0 Å². The molecule has 4 rings (SSSR count). The maximum atomic E-state index is 13.7. The number of hydrogen-bond acceptors (Lipinski definition) is 4. The van der Waals surface area contributed by atoms with Crippen LogP contribution in [0, 0.1) is 17.3 Å². The zero-order valence-electron chi connectivity index (χ0n) is 14.1. The summed E-state index contributed by atoms with van der Waals surface area (Å²) in [5.74, 6) is -4.50. The third kappa shape index (κ3) is 2.79. The van der Waals surface area contributed by atoms with Crippen molar-refractivity contribution in [3.63, 3.8) is 0 Å². The largest absolute Gasteiger partial charge is 0.453 e. The van der Waals surface area contributed by atoms with Crippen molar-refractivity contribution in [1.82, 2.24) is 9.62 Å². The van der Waals surface area contributed by atoms with E-state index in [0.717, 1.165) is 6.42 Å². The number of alkyl halides is 2. The second kappa shape index (κ2) is 5.52. The van der Waals surface area contributed by atoms with Crippen molar-refractivity contribution in [2.45, 2.75) is 51.1 Å². The standard InChI is InChI=1S/C15H24F2N2O4S/c1-14(2)12(15(14,16)17)8-24(21,22)18-10-6-9-4-5-11(10)19(7-9)13(20)23-3/h9-12,18H,4-8H2,1-3H3. The zero-order chi connectivity index (χ0) is 17.9. The molecule has 4 atom stereocenters. The number of piperidine rings is 2.